The monoisotopic (exact) mass is 447 g/mol. The number of aromatic amines is 1. The molecule has 9 heteroatoms. The molecule has 168 valence electrons. The van der Waals surface area contributed by atoms with Crippen LogP contribution in [0.15, 0.2) is 41.1 Å². The number of hydrogen-bond acceptors (Lipinski definition) is 6. The normalized spacial score (nSPS) is 24.4. The quantitative estimate of drug-likeness (QED) is 0.463. The van der Waals surface area contributed by atoms with Crippen molar-refractivity contribution in [3.63, 3.8) is 0 Å². The van der Waals surface area contributed by atoms with Gasteiger partial charge in [-0.15, -0.1) is 0 Å². The van der Waals surface area contributed by atoms with Crippen LogP contribution in [0.1, 0.15) is 31.4 Å². The summed E-state index contributed by atoms with van der Waals surface area (Å²) >= 11 is 0. The lowest BCUT2D eigenvalue weighted by atomic mass is 9.57. The third-order valence-electron chi connectivity index (χ3n) is 7.27. The molecule has 3 saturated carbocycles. The summed E-state index contributed by atoms with van der Waals surface area (Å²) in [6.07, 6.45) is 7.34. The van der Waals surface area contributed by atoms with Gasteiger partial charge in [-0.05, 0) is 74.1 Å². The maximum atomic E-state index is 13.9. The lowest BCUT2D eigenvalue weighted by Crippen LogP contribution is -2.45. The molecule has 3 aliphatic carbocycles. The van der Waals surface area contributed by atoms with Gasteiger partial charge in [0, 0.05) is 5.69 Å². The van der Waals surface area contributed by atoms with Crippen molar-refractivity contribution in [2.24, 2.45) is 23.7 Å². The van der Waals surface area contributed by atoms with Crippen LogP contribution < -0.4 is 0 Å². The topological polar surface area (TPSA) is 118 Å². The van der Waals surface area contributed by atoms with E-state index in [1.807, 2.05) is 12.1 Å². The average Bonchev–Trinajstić information content (AvgIpc) is 3.49. The number of halogens is 1. The van der Waals surface area contributed by atoms with Crippen LogP contribution in [0.25, 0.3) is 34.0 Å². The van der Waals surface area contributed by atoms with Crippen LogP contribution in [0.2, 0.25) is 0 Å². The molecule has 0 amide bonds. The maximum absolute atomic E-state index is 13.9. The number of nitrogens with one attached hydrogen (secondary N) is 1. The molecular weight excluding hydrogens is 425 g/mol. The number of carboxylic acids is 1. The van der Waals surface area contributed by atoms with Gasteiger partial charge in [0.1, 0.15) is 17.2 Å². The van der Waals surface area contributed by atoms with E-state index in [9.17, 15) is 14.3 Å². The molecule has 33 heavy (non-hydrogen) atoms. The molecule has 0 saturated heterocycles. The van der Waals surface area contributed by atoms with E-state index in [0.717, 1.165) is 37.6 Å². The zero-order valence-electron chi connectivity index (χ0n) is 17.7. The Morgan fingerprint density at radius 2 is 2.00 bits per heavy atom. The second-order valence-electron chi connectivity index (χ2n) is 9.08. The number of carboxylic acid groups (broad SMARTS) is 1. The van der Waals surface area contributed by atoms with E-state index in [1.54, 1.807) is 12.3 Å². The Balaban J connectivity index is 1.45. The number of carbonyl (C=O) groups is 1. The zero-order chi connectivity index (χ0) is 22.5. The highest BCUT2D eigenvalue weighted by Gasteiger charge is 2.47. The molecule has 7 rings (SSSR count). The van der Waals surface area contributed by atoms with Crippen LogP contribution in [0.4, 0.5) is 4.39 Å². The van der Waals surface area contributed by atoms with Gasteiger partial charge in [-0.2, -0.15) is 5.10 Å². The number of H-pyrrole nitrogens is 1. The van der Waals surface area contributed by atoms with Crippen LogP contribution in [-0.2, 0) is 11.2 Å². The highest BCUT2D eigenvalue weighted by Crippen LogP contribution is 2.50. The summed E-state index contributed by atoms with van der Waals surface area (Å²) in [5.41, 5.74) is 2.16. The Hall–Kier alpha value is -3.62. The van der Waals surface area contributed by atoms with Gasteiger partial charge in [-0.25, -0.2) is 19.3 Å². The Morgan fingerprint density at radius 1 is 1.18 bits per heavy atom. The highest BCUT2D eigenvalue weighted by atomic mass is 19.1. The van der Waals surface area contributed by atoms with E-state index in [1.165, 1.54) is 6.07 Å². The van der Waals surface area contributed by atoms with Crippen LogP contribution >= 0.6 is 0 Å². The third-order valence-corrected chi connectivity index (χ3v) is 7.27. The fraction of sp³-hybridized carbons (Fsp3) is 0.375. The Kier molecular flexibility index (Phi) is 4.70. The number of rotatable bonds is 5. The molecule has 4 aromatic rings. The van der Waals surface area contributed by atoms with E-state index >= 15 is 0 Å². The zero-order valence-corrected chi connectivity index (χ0v) is 17.7. The summed E-state index contributed by atoms with van der Waals surface area (Å²) in [6.45, 7) is 0. The first-order chi connectivity index (χ1) is 16.1. The largest absolute Gasteiger partial charge is 0.481 e. The number of pyridine rings is 1. The molecule has 3 aliphatic rings. The van der Waals surface area contributed by atoms with Gasteiger partial charge in [-0.1, -0.05) is 0 Å². The van der Waals surface area contributed by atoms with Gasteiger partial charge in [0.05, 0.1) is 23.8 Å². The molecule has 0 aliphatic heterocycles. The Labute approximate surface area is 188 Å². The van der Waals surface area contributed by atoms with E-state index in [4.69, 9.17) is 9.40 Å². The van der Waals surface area contributed by atoms with Gasteiger partial charge in [0.25, 0.3) is 0 Å². The Morgan fingerprint density at radius 3 is 2.76 bits per heavy atom. The number of aliphatic carboxylic acids is 1. The number of furan rings is 1. The average molecular weight is 447 g/mol. The summed E-state index contributed by atoms with van der Waals surface area (Å²) < 4.78 is 19.5. The summed E-state index contributed by atoms with van der Waals surface area (Å²) in [5.74, 6) is 0.0247. The van der Waals surface area contributed by atoms with Crippen molar-refractivity contribution in [1.29, 1.82) is 0 Å². The van der Waals surface area contributed by atoms with Crippen molar-refractivity contribution in [2.75, 3.05) is 0 Å². The van der Waals surface area contributed by atoms with Gasteiger partial charge < -0.3 is 9.52 Å². The third kappa shape index (κ3) is 3.48. The van der Waals surface area contributed by atoms with Crippen molar-refractivity contribution in [2.45, 2.75) is 32.1 Å². The number of fused-ring (bicyclic) bond motifs is 4. The van der Waals surface area contributed by atoms with Gasteiger partial charge in [0.15, 0.2) is 17.2 Å². The summed E-state index contributed by atoms with van der Waals surface area (Å²) in [5, 5.41) is 17.5. The van der Waals surface area contributed by atoms with E-state index in [2.05, 4.69) is 20.2 Å². The van der Waals surface area contributed by atoms with Crippen LogP contribution in [0.5, 0.6) is 0 Å². The Bertz CT molecular complexity index is 1330. The molecule has 3 fully saturated rings. The molecule has 4 aromatic heterocycles. The number of nitrogens with zero attached hydrogens (tertiary/aromatic N) is 4. The predicted octanol–water partition coefficient (Wildman–Crippen LogP) is 4.49. The fourth-order valence-electron chi connectivity index (χ4n) is 5.80. The molecule has 2 atom stereocenters. The van der Waals surface area contributed by atoms with Gasteiger partial charge in [-0.3, -0.25) is 9.89 Å². The van der Waals surface area contributed by atoms with Crippen LogP contribution in [0.3, 0.4) is 0 Å². The van der Waals surface area contributed by atoms with Gasteiger partial charge >= 0.3 is 5.97 Å². The summed E-state index contributed by atoms with van der Waals surface area (Å²) in [7, 11) is 0. The highest BCUT2D eigenvalue weighted by molar-refractivity contribution is 5.88. The lowest BCUT2D eigenvalue weighted by Gasteiger charge is -2.46. The number of hydrogen-bond donors (Lipinski definition) is 2. The first-order valence-electron chi connectivity index (χ1n) is 11.2. The van der Waals surface area contributed by atoms with Crippen molar-refractivity contribution in [3.05, 3.63) is 48.2 Å². The predicted molar refractivity (Wildman–Crippen MR) is 116 cm³/mol. The van der Waals surface area contributed by atoms with Crippen LogP contribution in [-0.4, -0.2) is 36.2 Å². The van der Waals surface area contributed by atoms with E-state index in [-0.39, 0.29) is 17.8 Å². The summed E-state index contributed by atoms with van der Waals surface area (Å²) in [6, 6.07) is 6.80. The SMILES string of the molecule is O=C(O)C1C2CCC(CC2)C1Cc1cc(-c2ccco2)nc(-c2[nH]nc3ncc(F)cc23)n1. The number of aromatic nitrogens is 5. The molecule has 2 N–H and O–H groups in total. The van der Waals surface area contributed by atoms with E-state index in [0.29, 0.717) is 46.3 Å². The minimum atomic E-state index is -0.712. The van der Waals surface area contributed by atoms with Crippen molar-refractivity contribution >= 4 is 17.0 Å². The van der Waals surface area contributed by atoms with Crippen molar-refractivity contribution in [3.8, 4) is 23.0 Å². The first-order valence-corrected chi connectivity index (χ1v) is 11.2. The fourth-order valence-corrected chi connectivity index (χ4v) is 5.80. The lowest BCUT2D eigenvalue weighted by molar-refractivity contribution is -0.152. The second kappa shape index (κ2) is 7.75. The minimum Gasteiger partial charge on any atom is -0.481 e. The molecule has 0 aromatic carbocycles. The maximum Gasteiger partial charge on any atom is 0.307 e. The van der Waals surface area contributed by atoms with Crippen molar-refractivity contribution < 1.29 is 18.7 Å². The smallest absolute Gasteiger partial charge is 0.307 e. The second-order valence-corrected chi connectivity index (χ2v) is 9.08. The van der Waals surface area contributed by atoms with E-state index < -0.39 is 11.8 Å². The molecule has 2 unspecified atom stereocenters. The van der Waals surface area contributed by atoms with Crippen LogP contribution in [0, 0.1) is 29.5 Å². The molecular formula is C24H22FN5O3. The van der Waals surface area contributed by atoms with Gasteiger partial charge in [0.2, 0.25) is 0 Å². The molecule has 4 heterocycles. The molecule has 8 nitrogen and oxygen atoms in total. The molecule has 2 bridgehead atoms. The first kappa shape index (κ1) is 20.0. The molecule has 0 radical (unpaired) electrons. The standard InChI is InChI=1S/C24H22FN5O3/c25-14-8-17-21(29-30-22(17)26-11-14)23-27-15(10-18(28-23)19-2-1-7-33-19)9-16-12-3-5-13(6-4-12)20(16)24(31)32/h1-2,7-8,10-13,16,20H,3-6,9H2,(H,31,32)(H,26,29,30). The minimum absolute atomic E-state index is 0.0276. The summed E-state index contributed by atoms with van der Waals surface area (Å²) in [4.78, 5) is 25.6. The molecule has 0 spiro atoms. The van der Waals surface area contributed by atoms with Crippen molar-refractivity contribution in [1.82, 2.24) is 25.1 Å².